The van der Waals surface area contributed by atoms with Crippen molar-refractivity contribution in [3.05, 3.63) is 46.8 Å². The molecular formula is C18H25N3O2. The topological polar surface area (TPSA) is 59.3 Å². The Bertz CT molecular complexity index is 681. The summed E-state index contributed by atoms with van der Waals surface area (Å²) < 4.78 is 7.60. The predicted molar refractivity (Wildman–Crippen MR) is 89.6 cm³/mol. The molecule has 0 amide bonds. The molecule has 124 valence electrons. The fourth-order valence-corrected chi connectivity index (χ4v) is 3.03. The molecule has 2 atom stereocenters. The minimum absolute atomic E-state index is 0.207. The van der Waals surface area contributed by atoms with E-state index in [-0.39, 0.29) is 6.04 Å². The third-order valence-corrected chi connectivity index (χ3v) is 4.56. The van der Waals surface area contributed by atoms with E-state index >= 15 is 0 Å². The number of fused-ring (bicyclic) bond motifs is 1. The van der Waals surface area contributed by atoms with E-state index in [9.17, 15) is 5.11 Å². The van der Waals surface area contributed by atoms with Crippen LogP contribution in [0.3, 0.4) is 0 Å². The van der Waals surface area contributed by atoms with Crippen molar-refractivity contribution in [1.29, 1.82) is 0 Å². The summed E-state index contributed by atoms with van der Waals surface area (Å²) >= 11 is 0. The Labute approximate surface area is 137 Å². The van der Waals surface area contributed by atoms with Crippen LogP contribution >= 0.6 is 0 Å². The van der Waals surface area contributed by atoms with Crippen molar-refractivity contribution in [2.75, 3.05) is 13.2 Å². The maximum Gasteiger partial charge on any atom is 0.124 e. The van der Waals surface area contributed by atoms with Gasteiger partial charge in [-0.2, -0.15) is 5.10 Å². The van der Waals surface area contributed by atoms with Crippen LogP contribution in [0.4, 0.5) is 0 Å². The first kappa shape index (κ1) is 16.0. The molecule has 0 spiro atoms. The third-order valence-electron chi connectivity index (χ3n) is 4.56. The fraction of sp³-hybridized carbons (Fsp3) is 0.500. The van der Waals surface area contributed by atoms with Crippen LogP contribution in [0.5, 0.6) is 5.75 Å². The molecule has 0 bridgehead atoms. The highest BCUT2D eigenvalue weighted by Crippen LogP contribution is 2.34. The number of aliphatic hydroxyl groups excluding tert-OH is 1. The lowest BCUT2D eigenvalue weighted by Crippen LogP contribution is -2.26. The Morgan fingerprint density at radius 1 is 1.39 bits per heavy atom. The lowest BCUT2D eigenvalue weighted by molar-refractivity contribution is 0.169. The van der Waals surface area contributed by atoms with Crippen molar-refractivity contribution in [1.82, 2.24) is 15.1 Å². The van der Waals surface area contributed by atoms with Crippen molar-refractivity contribution in [2.45, 2.75) is 38.8 Å². The van der Waals surface area contributed by atoms with Gasteiger partial charge < -0.3 is 15.2 Å². The second kappa shape index (κ2) is 6.72. The zero-order valence-electron chi connectivity index (χ0n) is 14.0. The molecule has 2 heterocycles. The highest BCUT2D eigenvalue weighted by molar-refractivity contribution is 5.44. The third kappa shape index (κ3) is 3.57. The zero-order chi connectivity index (χ0) is 16.4. The largest absolute Gasteiger partial charge is 0.493 e. The molecule has 1 aromatic heterocycles. The van der Waals surface area contributed by atoms with E-state index in [2.05, 4.69) is 36.4 Å². The van der Waals surface area contributed by atoms with E-state index in [1.807, 2.05) is 13.2 Å². The molecule has 0 aliphatic carbocycles. The highest BCUT2D eigenvalue weighted by atomic mass is 16.5. The Kier molecular flexibility index (Phi) is 4.68. The summed E-state index contributed by atoms with van der Waals surface area (Å²) in [5.41, 5.74) is 4.56. The van der Waals surface area contributed by atoms with Crippen molar-refractivity contribution in [3.63, 3.8) is 0 Å². The number of nitrogens with zero attached hydrogens (tertiary/aromatic N) is 2. The number of hydrogen-bond acceptors (Lipinski definition) is 4. The summed E-state index contributed by atoms with van der Waals surface area (Å²) in [5, 5.41) is 18.0. The molecular weight excluding hydrogens is 290 g/mol. The van der Waals surface area contributed by atoms with E-state index in [1.165, 1.54) is 16.7 Å². The summed E-state index contributed by atoms with van der Waals surface area (Å²) in [6.45, 7) is 5.49. The molecule has 0 radical (unpaired) electrons. The van der Waals surface area contributed by atoms with Gasteiger partial charge in [0.2, 0.25) is 0 Å². The number of nitrogens with one attached hydrogen (secondary N) is 1. The van der Waals surface area contributed by atoms with Crippen LogP contribution in [-0.2, 0) is 7.05 Å². The number of aromatic nitrogens is 2. The summed E-state index contributed by atoms with van der Waals surface area (Å²) in [6.07, 6.45) is 5.03. The van der Waals surface area contributed by atoms with Gasteiger partial charge in [-0.25, -0.2) is 0 Å². The van der Waals surface area contributed by atoms with Gasteiger partial charge >= 0.3 is 0 Å². The normalized spacial score (nSPS) is 18.9. The fourth-order valence-electron chi connectivity index (χ4n) is 3.03. The number of hydrogen-bond donors (Lipinski definition) is 2. The number of rotatable bonds is 4. The van der Waals surface area contributed by atoms with Crippen LogP contribution in [0.2, 0.25) is 0 Å². The van der Waals surface area contributed by atoms with Crippen LogP contribution in [0.25, 0.3) is 0 Å². The van der Waals surface area contributed by atoms with Gasteiger partial charge in [0.05, 0.1) is 18.9 Å². The van der Waals surface area contributed by atoms with Gasteiger partial charge in [0.25, 0.3) is 0 Å². The van der Waals surface area contributed by atoms with Gasteiger partial charge in [0.15, 0.2) is 0 Å². The van der Waals surface area contributed by atoms with Gasteiger partial charge in [0.1, 0.15) is 5.75 Å². The second-order valence-electron chi connectivity index (χ2n) is 6.39. The van der Waals surface area contributed by atoms with E-state index in [0.29, 0.717) is 6.54 Å². The van der Waals surface area contributed by atoms with Crippen LogP contribution in [-0.4, -0.2) is 28.0 Å². The molecule has 2 aromatic rings. The van der Waals surface area contributed by atoms with Gasteiger partial charge in [-0.15, -0.1) is 0 Å². The Morgan fingerprint density at radius 2 is 2.17 bits per heavy atom. The lowest BCUT2D eigenvalue weighted by Gasteiger charge is -2.21. The van der Waals surface area contributed by atoms with E-state index < -0.39 is 6.10 Å². The Hall–Kier alpha value is -1.85. The molecule has 5 heteroatoms. The molecule has 0 unspecified atom stereocenters. The van der Waals surface area contributed by atoms with Crippen molar-refractivity contribution in [3.8, 4) is 5.75 Å². The van der Waals surface area contributed by atoms with Crippen LogP contribution in [0, 0.1) is 13.8 Å². The van der Waals surface area contributed by atoms with Gasteiger partial charge in [-0.05, 0) is 43.9 Å². The van der Waals surface area contributed by atoms with Crippen molar-refractivity contribution in [2.24, 2.45) is 7.05 Å². The molecule has 0 saturated heterocycles. The number of benzene rings is 1. The highest BCUT2D eigenvalue weighted by Gasteiger charge is 2.21. The summed E-state index contributed by atoms with van der Waals surface area (Å²) in [7, 11) is 1.85. The molecule has 1 aromatic carbocycles. The monoisotopic (exact) mass is 315 g/mol. The van der Waals surface area contributed by atoms with Gasteiger partial charge in [-0.1, -0.05) is 6.07 Å². The quantitative estimate of drug-likeness (QED) is 0.910. The molecule has 1 aliphatic rings. The summed E-state index contributed by atoms with van der Waals surface area (Å²) in [5.74, 6) is 0.971. The lowest BCUT2D eigenvalue weighted by atomic mass is 9.97. The first-order chi connectivity index (χ1) is 11.0. The first-order valence-corrected chi connectivity index (χ1v) is 8.18. The maximum atomic E-state index is 10.3. The molecule has 1 aliphatic heterocycles. The predicted octanol–water partition coefficient (Wildman–Crippen LogP) is 2.57. The number of aliphatic hydroxyl groups is 1. The van der Waals surface area contributed by atoms with Crippen LogP contribution < -0.4 is 10.1 Å². The second-order valence-corrected chi connectivity index (χ2v) is 6.39. The molecule has 2 N–H and O–H groups in total. The Morgan fingerprint density at radius 3 is 2.91 bits per heavy atom. The molecule has 23 heavy (non-hydrogen) atoms. The van der Waals surface area contributed by atoms with Crippen molar-refractivity contribution < 1.29 is 9.84 Å². The molecule has 0 fully saturated rings. The first-order valence-electron chi connectivity index (χ1n) is 8.18. The molecule has 0 saturated carbocycles. The van der Waals surface area contributed by atoms with E-state index in [1.54, 1.807) is 10.9 Å². The van der Waals surface area contributed by atoms with Crippen LogP contribution in [0.1, 0.15) is 47.2 Å². The molecule has 3 rings (SSSR count). The van der Waals surface area contributed by atoms with Crippen molar-refractivity contribution >= 4 is 0 Å². The number of ether oxygens (including phenoxy) is 1. The smallest absolute Gasteiger partial charge is 0.124 e. The van der Waals surface area contributed by atoms with Gasteiger partial charge in [0, 0.05) is 37.0 Å². The average molecular weight is 315 g/mol. The maximum absolute atomic E-state index is 10.3. The zero-order valence-corrected chi connectivity index (χ0v) is 14.0. The SMILES string of the molecule is Cc1cc2c(cc1C)[C@H](NC[C@H](O)c1cnn(C)c1)CCCO2. The minimum atomic E-state index is -0.553. The summed E-state index contributed by atoms with van der Waals surface area (Å²) in [6, 6.07) is 4.55. The minimum Gasteiger partial charge on any atom is -0.493 e. The molecule has 5 nitrogen and oxygen atoms in total. The van der Waals surface area contributed by atoms with E-state index in [4.69, 9.17) is 4.74 Å². The van der Waals surface area contributed by atoms with Crippen LogP contribution in [0.15, 0.2) is 24.5 Å². The van der Waals surface area contributed by atoms with E-state index in [0.717, 1.165) is 30.8 Å². The Balaban J connectivity index is 1.74. The number of aryl methyl sites for hydroxylation is 3. The average Bonchev–Trinajstić information content (AvgIpc) is 2.87. The summed E-state index contributed by atoms with van der Waals surface area (Å²) in [4.78, 5) is 0. The standard InChI is InChI=1S/C18H25N3O2/c1-12-7-15-16(5-4-6-23-18(15)8-13(12)2)19-10-17(22)14-9-20-21(3)11-14/h7-9,11,16-17,19,22H,4-6,10H2,1-3H3/t16-,17+/m1/s1. The van der Waals surface area contributed by atoms with Gasteiger partial charge in [-0.3, -0.25) is 4.68 Å².